The van der Waals surface area contributed by atoms with Crippen LogP contribution in [0.25, 0.3) is 15.6 Å². The molecule has 0 saturated heterocycles. The number of hydrogen-bond donors (Lipinski definition) is 0. The van der Waals surface area contributed by atoms with Gasteiger partial charge in [0.2, 0.25) is 0 Å². The van der Waals surface area contributed by atoms with Gasteiger partial charge in [-0.2, -0.15) is 49.1 Å². The summed E-state index contributed by atoms with van der Waals surface area (Å²) >= 11 is 0. The van der Waals surface area contributed by atoms with Gasteiger partial charge in [0.25, 0.3) is 0 Å². The van der Waals surface area contributed by atoms with Crippen LogP contribution in [-0.2, 0) is 0 Å². The minimum absolute atomic E-state index is 0. The molecule has 0 spiro atoms. The molecule has 0 aliphatic heterocycles. The molecule has 0 aliphatic carbocycles. The predicted molar refractivity (Wildman–Crippen MR) is 127 cm³/mol. The van der Waals surface area contributed by atoms with Crippen LogP contribution in [0.1, 0.15) is 56.9 Å². The standard InChI is InChI=1S/C15H27NSi.2C3H8N.CH3.Th/c1-10-11(2)13(4)14(12(10)3)17(8,9)16-15(5,6)7;2*1-3-4-2;;/h1-9H3;2*3H2,1-2H3;1H3;/q-2;3*-1;+4. The minimum atomic E-state index is -1.69. The van der Waals surface area contributed by atoms with E-state index in [9.17, 15) is 0 Å². The third-order valence-corrected chi connectivity index (χ3v) is 7.50. The summed E-state index contributed by atoms with van der Waals surface area (Å²) in [6, 6.07) is 0. The quantitative estimate of drug-likeness (QED) is 0.269. The summed E-state index contributed by atoms with van der Waals surface area (Å²) in [4.78, 5) is 5.13. The first-order valence-electron chi connectivity index (χ1n) is 9.39. The fourth-order valence-corrected chi connectivity index (χ4v) is 7.03. The zero-order valence-corrected chi connectivity index (χ0v) is 25.9. The maximum atomic E-state index is 5.13. The van der Waals surface area contributed by atoms with Gasteiger partial charge in [0, 0.05) is 0 Å². The molecule has 0 unspecified atom stereocenters. The first kappa shape index (κ1) is 35.2. The monoisotopic (exact) mass is 612 g/mol. The van der Waals surface area contributed by atoms with Gasteiger partial charge < -0.3 is 23.0 Å². The molecular weight excluding hydrogens is 566 g/mol. The van der Waals surface area contributed by atoms with E-state index in [1.165, 1.54) is 22.3 Å². The minimum Gasteiger partial charge on any atom is -0.665 e. The van der Waals surface area contributed by atoms with E-state index in [0.717, 1.165) is 13.1 Å². The van der Waals surface area contributed by atoms with Crippen molar-refractivity contribution in [1.29, 1.82) is 0 Å². The largest absolute Gasteiger partial charge is 4.00 e. The maximum Gasteiger partial charge on any atom is 4.00 e. The third-order valence-electron chi connectivity index (χ3n) is 4.30. The molecule has 0 atom stereocenters. The Kier molecular flexibility index (Phi) is 21.6. The van der Waals surface area contributed by atoms with E-state index >= 15 is 0 Å². The van der Waals surface area contributed by atoms with Crippen molar-refractivity contribution < 1.29 is 39.9 Å². The van der Waals surface area contributed by atoms with Crippen LogP contribution in [0, 0.1) is 75.1 Å². The van der Waals surface area contributed by atoms with E-state index in [4.69, 9.17) is 4.98 Å². The zero-order valence-electron chi connectivity index (χ0n) is 20.8. The molecule has 5 heteroatoms. The van der Waals surface area contributed by atoms with E-state index < -0.39 is 8.24 Å². The number of hydrogen-bond acceptors (Lipinski definition) is 0. The molecule has 0 amide bonds. The maximum absolute atomic E-state index is 5.13. The van der Waals surface area contributed by atoms with Crippen LogP contribution in [0.2, 0.25) is 13.1 Å². The van der Waals surface area contributed by atoms with Crippen molar-refractivity contribution in [2.45, 2.75) is 80.9 Å². The Morgan fingerprint density at radius 2 is 1.22 bits per heavy atom. The van der Waals surface area contributed by atoms with Crippen molar-refractivity contribution in [3.8, 4) is 0 Å². The van der Waals surface area contributed by atoms with Crippen LogP contribution in [0.4, 0.5) is 0 Å². The second-order valence-corrected chi connectivity index (χ2v) is 11.8. The Morgan fingerprint density at radius 3 is 1.41 bits per heavy atom. The normalized spacial score (nSPS) is 10.6. The van der Waals surface area contributed by atoms with Crippen LogP contribution >= 0.6 is 0 Å². The number of nitrogens with zero attached hydrogens (tertiary/aromatic N) is 3. The van der Waals surface area contributed by atoms with E-state index in [2.05, 4.69) is 72.2 Å². The van der Waals surface area contributed by atoms with Gasteiger partial charge >= 0.3 is 39.9 Å². The second kappa shape index (κ2) is 16.6. The Morgan fingerprint density at radius 1 is 0.889 bits per heavy atom. The summed E-state index contributed by atoms with van der Waals surface area (Å²) in [7, 11) is 1.92. The summed E-state index contributed by atoms with van der Waals surface area (Å²) in [6.45, 7) is 26.3. The molecule has 1 aromatic rings. The third kappa shape index (κ3) is 13.6. The van der Waals surface area contributed by atoms with Crippen LogP contribution in [0.5, 0.6) is 0 Å². The first-order valence-corrected chi connectivity index (χ1v) is 12.3. The van der Waals surface area contributed by atoms with Gasteiger partial charge in [0.1, 0.15) is 0 Å². The average Bonchev–Trinajstić information content (AvgIpc) is 2.69. The van der Waals surface area contributed by atoms with Gasteiger partial charge in [-0.25, -0.2) is 5.56 Å². The molecule has 0 bridgehead atoms. The van der Waals surface area contributed by atoms with E-state index in [1.807, 2.05) is 13.8 Å². The molecule has 0 radical (unpaired) electrons. The molecule has 0 heterocycles. The SMILES string of the molecule is CC[N-]C.CC[N-]C.Cc1c(C)c([Si](C)(C)[N-]C(C)(C)C)[c-](C)c1C.[CH3-].[Th+4]. The Hall–Kier alpha value is 0.772. The van der Waals surface area contributed by atoms with Crippen molar-refractivity contribution in [2.75, 3.05) is 27.2 Å². The molecular formula is C22H46N3SiTh-. The fraction of sp³-hybridized carbons (Fsp3) is 0.727. The Balaban J connectivity index is -0.000000225. The molecule has 158 valence electrons. The summed E-state index contributed by atoms with van der Waals surface area (Å²) in [5.41, 5.74) is 5.94. The predicted octanol–water partition coefficient (Wildman–Crippen LogP) is 6.69. The summed E-state index contributed by atoms with van der Waals surface area (Å²) < 4.78 is 0. The molecule has 27 heavy (non-hydrogen) atoms. The molecule has 0 saturated carbocycles. The van der Waals surface area contributed by atoms with Crippen LogP contribution in [0.3, 0.4) is 0 Å². The summed E-state index contributed by atoms with van der Waals surface area (Å²) in [5.74, 6) is 0. The van der Waals surface area contributed by atoms with Gasteiger partial charge in [-0.3, -0.25) is 0 Å². The molecule has 0 aromatic heterocycles. The van der Waals surface area contributed by atoms with Gasteiger partial charge in [-0.15, -0.1) is 5.54 Å². The van der Waals surface area contributed by atoms with Gasteiger partial charge in [0.15, 0.2) is 0 Å². The topological polar surface area (TPSA) is 42.3 Å². The molecule has 0 aliphatic rings. The Bertz CT molecular complexity index is 455. The molecule has 1 aromatic carbocycles. The van der Waals surface area contributed by atoms with Crippen LogP contribution in [-0.4, -0.2) is 41.0 Å². The van der Waals surface area contributed by atoms with Crippen molar-refractivity contribution in [3.63, 3.8) is 0 Å². The molecule has 0 N–H and O–H groups in total. The molecule has 1 rings (SSSR count). The van der Waals surface area contributed by atoms with Gasteiger partial charge in [0.05, 0.1) is 0 Å². The van der Waals surface area contributed by atoms with Gasteiger partial charge in [-0.1, -0.05) is 83.6 Å². The van der Waals surface area contributed by atoms with E-state index in [-0.39, 0.29) is 52.9 Å². The van der Waals surface area contributed by atoms with Gasteiger partial charge in [-0.05, 0) is 0 Å². The van der Waals surface area contributed by atoms with Crippen molar-refractivity contribution in [2.24, 2.45) is 0 Å². The Labute approximate surface area is 205 Å². The van der Waals surface area contributed by atoms with Crippen LogP contribution < -0.4 is 5.19 Å². The van der Waals surface area contributed by atoms with E-state index in [1.54, 1.807) is 19.3 Å². The molecule has 0 fully saturated rings. The van der Waals surface area contributed by atoms with Crippen molar-refractivity contribution >= 4 is 13.4 Å². The summed E-state index contributed by atoms with van der Waals surface area (Å²) in [5, 5.41) is 9.03. The van der Waals surface area contributed by atoms with Crippen molar-refractivity contribution in [3.05, 3.63) is 45.3 Å². The smallest absolute Gasteiger partial charge is 0.665 e. The number of rotatable bonds is 4. The average molecular weight is 613 g/mol. The fourth-order valence-electron chi connectivity index (χ4n) is 3.03. The zero-order chi connectivity index (χ0) is 20.4. The van der Waals surface area contributed by atoms with Crippen LogP contribution in [0.15, 0.2) is 0 Å². The first-order chi connectivity index (χ1) is 11.3. The second-order valence-electron chi connectivity index (χ2n) is 7.98. The molecule has 3 nitrogen and oxygen atoms in total. The van der Waals surface area contributed by atoms with E-state index in [0.29, 0.717) is 0 Å². The van der Waals surface area contributed by atoms with Crippen molar-refractivity contribution in [1.82, 2.24) is 0 Å². The summed E-state index contributed by atoms with van der Waals surface area (Å²) in [6.07, 6.45) is 0.